The molecule has 0 N–H and O–H groups in total. The van der Waals surface area contributed by atoms with E-state index in [9.17, 15) is 36.7 Å². The monoisotopic (exact) mass is 556 g/mol. The molecule has 0 heterocycles. The van der Waals surface area contributed by atoms with Crippen molar-refractivity contribution in [1.29, 1.82) is 0 Å². The van der Waals surface area contributed by atoms with Crippen LogP contribution in [-0.4, -0.2) is 48.1 Å². The van der Waals surface area contributed by atoms with Crippen LogP contribution in [0.5, 0.6) is 0 Å². The van der Waals surface area contributed by atoms with Gasteiger partial charge in [-0.25, -0.2) is 8.78 Å². The van der Waals surface area contributed by atoms with Gasteiger partial charge in [0, 0.05) is 37.0 Å². The van der Waals surface area contributed by atoms with E-state index in [1.807, 2.05) is 0 Å². The molecule has 0 spiro atoms. The van der Waals surface area contributed by atoms with Gasteiger partial charge in [-0.15, -0.1) is 0 Å². The lowest BCUT2D eigenvalue weighted by atomic mass is 9.49. The molecule has 0 aromatic rings. The Balaban J connectivity index is 1.15. The third-order valence-electron chi connectivity index (χ3n) is 11.0. The summed E-state index contributed by atoms with van der Waals surface area (Å²) in [6, 6.07) is 0. The van der Waals surface area contributed by atoms with Crippen LogP contribution in [0.3, 0.4) is 0 Å². The van der Waals surface area contributed by atoms with Crippen molar-refractivity contribution < 1.29 is 46.2 Å². The van der Waals surface area contributed by atoms with Crippen LogP contribution in [0.1, 0.15) is 84.0 Å². The van der Waals surface area contributed by atoms with Crippen LogP contribution in [0.2, 0.25) is 0 Å². The molecule has 5 unspecified atom stereocenters. The zero-order valence-electron chi connectivity index (χ0n) is 22.2. The van der Waals surface area contributed by atoms with Crippen molar-refractivity contribution in [2.75, 3.05) is 6.61 Å². The third-order valence-corrected chi connectivity index (χ3v) is 11.0. The molecule has 8 rings (SSSR count). The van der Waals surface area contributed by atoms with E-state index in [1.165, 1.54) is 0 Å². The molecular weight excluding hydrogens is 520 g/mol. The number of ether oxygens (including phenoxy) is 2. The van der Waals surface area contributed by atoms with Gasteiger partial charge in [0.25, 0.3) is 0 Å². The van der Waals surface area contributed by atoms with Gasteiger partial charge in [0.05, 0.1) is 10.8 Å². The zero-order chi connectivity index (χ0) is 28.0. The highest BCUT2D eigenvalue weighted by atomic mass is 19.3. The van der Waals surface area contributed by atoms with Crippen molar-refractivity contribution >= 4 is 23.5 Å². The predicted octanol–water partition coefficient (Wildman–Crippen LogP) is 5.30. The molecule has 0 amide bonds. The normalized spacial score (nSPS) is 41.2. The number of hydrogen-bond donors (Lipinski definition) is 0. The Morgan fingerprint density at radius 2 is 1.23 bits per heavy atom. The first-order valence-corrected chi connectivity index (χ1v) is 14.4. The van der Waals surface area contributed by atoms with E-state index in [0.717, 1.165) is 25.7 Å². The molecule has 0 radical (unpaired) electrons. The van der Waals surface area contributed by atoms with Crippen LogP contribution in [0.15, 0.2) is 0 Å². The van der Waals surface area contributed by atoms with Gasteiger partial charge >= 0.3 is 23.8 Å². The highest BCUT2D eigenvalue weighted by Gasteiger charge is 2.61. The van der Waals surface area contributed by atoms with Crippen molar-refractivity contribution in [1.82, 2.24) is 0 Å². The lowest BCUT2D eigenvalue weighted by Gasteiger charge is -2.54. The van der Waals surface area contributed by atoms with E-state index in [-0.39, 0.29) is 54.0 Å². The quantitative estimate of drug-likeness (QED) is 0.283. The average Bonchev–Trinajstić information content (AvgIpc) is 2.85. The number of rotatable bonds is 9. The van der Waals surface area contributed by atoms with Crippen molar-refractivity contribution in [2.24, 2.45) is 46.3 Å². The summed E-state index contributed by atoms with van der Waals surface area (Å²) in [4.78, 5) is 51.9. The summed E-state index contributed by atoms with van der Waals surface area (Å²) in [6.45, 7) is -0.355. The van der Waals surface area contributed by atoms with Crippen molar-refractivity contribution in [3.8, 4) is 0 Å². The van der Waals surface area contributed by atoms with E-state index >= 15 is 0 Å². The molecule has 8 fully saturated rings. The third kappa shape index (κ3) is 4.52. The summed E-state index contributed by atoms with van der Waals surface area (Å²) in [5, 5.41) is 0. The second-order valence-electron chi connectivity index (χ2n) is 13.8. The molecule has 216 valence electrons. The van der Waals surface area contributed by atoms with E-state index in [2.05, 4.69) is 0 Å². The Morgan fingerprint density at radius 3 is 1.67 bits per heavy atom. The minimum absolute atomic E-state index is 0.148. The van der Waals surface area contributed by atoms with Crippen molar-refractivity contribution in [3.05, 3.63) is 0 Å². The lowest BCUT2D eigenvalue weighted by molar-refractivity contribution is -0.208. The molecule has 5 atom stereocenters. The highest BCUT2D eigenvalue weighted by molar-refractivity contribution is 5.90. The number of esters is 2. The summed E-state index contributed by atoms with van der Waals surface area (Å²) in [7, 11) is 0. The largest absolute Gasteiger partial charge is 0.461 e. The molecular formula is C29H36F4O6. The maximum atomic E-state index is 14.2. The Morgan fingerprint density at radius 1 is 0.795 bits per heavy atom. The van der Waals surface area contributed by atoms with Crippen LogP contribution < -0.4 is 0 Å². The van der Waals surface area contributed by atoms with E-state index in [4.69, 9.17) is 9.47 Å². The van der Waals surface area contributed by atoms with Gasteiger partial charge in [-0.2, -0.15) is 8.78 Å². The van der Waals surface area contributed by atoms with Crippen LogP contribution in [0.4, 0.5) is 17.6 Å². The molecule has 0 saturated heterocycles. The predicted molar refractivity (Wildman–Crippen MR) is 128 cm³/mol. The van der Waals surface area contributed by atoms with Gasteiger partial charge in [-0.1, -0.05) is 0 Å². The van der Waals surface area contributed by atoms with Gasteiger partial charge in [0.2, 0.25) is 0 Å². The van der Waals surface area contributed by atoms with Gasteiger partial charge < -0.3 is 9.47 Å². The summed E-state index contributed by atoms with van der Waals surface area (Å²) >= 11 is 0. The summed E-state index contributed by atoms with van der Waals surface area (Å²) in [5.41, 5.74) is -1.69. The second-order valence-corrected chi connectivity index (χ2v) is 13.8. The van der Waals surface area contributed by atoms with E-state index in [0.29, 0.717) is 38.5 Å². The first-order valence-electron chi connectivity index (χ1n) is 14.4. The van der Waals surface area contributed by atoms with Gasteiger partial charge in [-0.3, -0.25) is 19.2 Å². The molecule has 0 aliphatic heterocycles. The highest BCUT2D eigenvalue weighted by Crippen LogP contribution is 2.60. The van der Waals surface area contributed by atoms with Crippen molar-refractivity contribution in [3.63, 3.8) is 0 Å². The molecule has 0 aromatic carbocycles. The standard InChI is InChI=1S/C29H36F4O6/c1-26(30,31)29(32,33)3-2-21(39-25(37)28-9-16-6-19(12-28)23(35)20(7-16)13-28)14-38-24(36)27-8-15-4-17(10-27)22(34)18(5-15)11-27/h15-21H,2-14H2,1H3. The molecule has 10 heteroatoms. The smallest absolute Gasteiger partial charge is 0.312 e. The zero-order valence-corrected chi connectivity index (χ0v) is 22.2. The fraction of sp³-hybridized carbons (Fsp3) is 0.862. The Kier molecular flexibility index (Phi) is 6.27. The molecule has 0 aromatic heterocycles. The maximum Gasteiger partial charge on any atom is 0.312 e. The number of hydrogen-bond acceptors (Lipinski definition) is 6. The topological polar surface area (TPSA) is 86.7 Å². The van der Waals surface area contributed by atoms with Gasteiger partial charge in [0.15, 0.2) is 0 Å². The number of halogens is 4. The lowest BCUT2D eigenvalue weighted by Crippen LogP contribution is -2.56. The number of carbonyl (C=O) groups excluding carboxylic acids is 4. The van der Waals surface area contributed by atoms with E-state index < -0.39 is 60.2 Å². The molecule has 6 nitrogen and oxygen atoms in total. The number of alkyl halides is 4. The van der Waals surface area contributed by atoms with Crippen molar-refractivity contribution in [2.45, 2.75) is 102 Å². The SMILES string of the molecule is CC(F)(F)C(F)(F)CCC(COC(=O)C12CC3CC(C1)C(=O)C(C3)C2)OC(=O)C12CC3CC(C1)C(=O)C(C3)C2. The van der Waals surface area contributed by atoms with Crippen LogP contribution in [0, 0.1) is 46.3 Å². The summed E-state index contributed by atoms with van der Waals surface area (Å²) < 4.78 is 66.7. The Labute approximate surface area is 224 Å². The van der Waals surface area contributed by atoms with E-state index in [1.54, 1.807) is 0 Å². The minimum Gasteiger partial charge on any atom is -0.461 e. The number of ketones is 2. The molecule has 39 heavy (non-hydrogen) atoms. The Hall–Kier alpha value is -2.00. The Bertz CT molecular complexity index is 1050. The summed E-state index contributed by atoms with van der Waals surface area (Å²) in [5.74, 6) is -9.58. The average molecular weight is 557 g/mol. The summed E-state index contributed by atoms with van der Waals surface area (Å²) in [6.07, 6.45) is 2.59. The van der Waals surface area contributed by atoms with Crippen LogP contribution >= 0.6 is 0 Å². The van der Waals surface area contributed by atoms with Crippen LogP contribution in [0.25, 0.3) is 0 Å². The molecule has 8 bridgehead atoms. The second kappa shape index (κ2) is 9.00. The first kappa shape index (κ1) is 27.2. The maximum absolute atomic E-state index is 14.2. The van der Waals surface area contributed by atoms with Crippen LogP contribution in [-0.2, 0) is 28.7 Å². The fourth-order valence-corrected chi connectivity index (χ4v) is 9.33. The molecule has 8 aliphatic rings. The van der Waals surface area contributed by atoms with Gasteiger partial charge in [-0.05, 0) is 82.5 Å². The number of Topliss-reactive ketones (excluding diaryl/α,β-unsaturated/α-hetero) is 2. The number of carbonyl (C=O) groups is 4. The molecule has 8 saturated carbocycles. The molecule has 8 aliphatic carbocycles. The first-order chi connectivity index (χ1) is 18.2. The fourth-order valence-electron chi connectivity index (χ4n) is 9.33. The van der Waals surface area contributed by atoms with Gasteiger partial charge in [0.1, 0.15) is 24.3 Å². The minimum atomic E-state index is -4.32.